The van der Waals surface area contributed by atoms with Crippen LogP contribution >= 0.6 is 0 Å². The van der Waals surface area contributed by atoms with Crippen LogP contribution < -0.4 is 4.74 Å². The van der Waals surface area contributed by atoms with E-state index in [0.29, 0.717) is 28.0 Å². The molecule has 2 rings (SSSR count). The van der Waals surface area contributed by atoms with Crippen LogP contribution in [0.4, 0.5) is 0 Å². The number of aryl methyl sites for hydroxylation is 1. The molecule has 0 aliphatic heterocycles. The Labute approximate surface area is 117 Å². The zero-order chi connectivity index (χ0) is 15.1. The predicted molar refractivity (Wildman–Crippen MR) is 74.3 cm³/mol. The van der Waals surface area contributed by atoms with Gasteiger partial charge >= 0.3 is 5.97 Å². The van der Waals surface area contributed by atoms with E-state index >= 15 is 0 Å². The number of fused-ring (bicyclic) bond motifs is 1. The minimum atomic E-state index is -0.596. The summed E-state index contributed by atoms with van der Waals surface area (Å²) in [5, 5.41) is 10.3. The number of rotatable bonds is 2. The van der Waals surface area contributed by atoms with E-state index in [1.54, 1.807) is 33.8 Å². The van der Waals surface area contributed by atoms with Crippen molar-refractivity contribution in [2.24, 2.45) is 0 Å². The molecule has 1 N–H and O–H groups in total. The van der Waals surface area contributed by atoms with E-state index < -0.39 is 11.6 Å². The van der Waals surface area contributed by atoms with E-state index in [9.17, 15) is 9.90 Å². The van der Waals surface area contributed by atoms with Crippen LogP contribution in [0.5, 0.6) is 11.5 Å². The molecule has 5 heteroatoms. The summed E-state index contributed by atoms with van der Waals surface area (Å²) in [5.41, 5.74) is 0.202. The van der Waals surface area contributed by atoms with Crippen molar-refractivity contribution in [2.45, 2.75) is 33.3 Å². The molecule has 20 heavy (non-hydrogen) atoms. The smallest absolute Gasteiger partial charge is 0.342 e. The largest absolute Gasteiger partial charge is 0.504 e. The van der Waals surface area contributed by atoms with Gasteiger partial charge in [-0.1, -0.05) is 0 Å². The van der Waals surface area contributed by atoms with E-state index in [0.717, 1.165) is 0 Å². The van der Waals surface area contributed by atoms with Gasteiger partial charge in [0.15, 0.2) is 11.5 Å². The number of hydrogen-bond acceptors (Lipinski definition) is 5. The van der Waals surface area contributed by atoms with Crippen LogP contribution in [0.15, 0.2) is 16.5 Å². The standard InChI is InChI=1S/C15H18O5/c1-8-13(14(17)20-15(2,3)4)9-6-10(16)12(18-5)7-11(9)19-8/h6-7,16H,1-5H3. The molecule has 0 unspecified atom stereocenters. The minimum absolute atomic E-state index is 0.0504. The van der Waals surface area contributed by atoms with E-state index in [4.69, 9.17) is 13.9 Å². The van der Waals surface area contributed by atoms with Crippen molar-refractivity contribution in [1.82, 2.24) is 0 Å². The van der Waals surface area contributed by atoms with Gasteiger partial charge in [0.2, 0.25) is 0 Å². The number of furan rings is 1. The molecule has 0 saturated carbocycles. The van der Waals surface area contributed by atoms with E-state index in [2.05, 4.69) is 0 Å². The SMILES string of the molecule is COc1cc2oc(C)c(C(=O)OC(C)(C)C)c2cc1O. The third-order valence-electron chi connectivity index (χ3n) is 2.77. The maximum atomic E-state index is 12.2. The second kappa shape index (κ2) is 4.74. The van der Waals surface area contributed by atoms with Gasteiger partial charge in [-0.2, -0.15) is 0 Å². The number of methoxy groups -OCH3 is 1. The van der Waals surface area contributed by atoms with Gasteiger partial charge in [-0.15, -0.1) is 0 Å². The molecule has 1 aromatic heterocycles. The highest BCUT2D eigenvalue weighted by atomic mass is 16.6. The molecule has 1 aromatic carbocycles. The first-order valence-electron chi connectivity index (χ1n) is 6.26. The Morgan fingerprint density at radius 2 is 1.95 bits per heavy atom. The number of carbonyl (C=O) groups excluding carboxylic acids is 1. The Bertz CT molecular complexity index is 661. The molecule has 0 saturated heterocycles. The Balaban J connectivity index is 2.56. The van der Waals surface area contributed by atoms with Gasteiger partial charge in [-0.05, 0) is 33.8 Å². The van der Waals surface area contributed by atoms with Crippen LogP contribution in [0.25, 0.3) is 11.0 Å². The number of aromatic hydroxyl groups is 1. The van der Waals surface area contributed by atoms with Crippen LogP contribution in [-0.2, 0) is 4.74 Å². The highest BCUT2D eigenvalue weighted by Crippen LogP contribution is 2.36. The molecule has 0 aliphatic rings. The summed E-state index contributed by atoms with van der Waals surface area (Å²) >= 11 is 0. The molecule has 2 aromatic rings. The van der Waals surface area contributed by atoms with Crippen LogP contribution in [-0.4, -0.2) is 23.8 Å². The predicted octanol–water partition coefficient (Wildman–Crippen LogP) is 3.41. The average Bonchev–Trinajstić information content (AvgIpc) is 2.60. The average molecular weight is 278 g/mol. The molecule has 5 nitrogen and oxygen atoms in total. The number of phenolic OH excluding ortho intramolecular Hbond substituents is 1. The van der Waals surface area contributed by atoms with Gasteiger partial charge in [0.25, 0.3) is 0 Å². The summed E-state index contributed by atoms with van der Waals surface area (Å²) < 4.78 is 15.9. The summed E-state index contributed by atoms with van der Waals surface area (Å²) in [6.45, 7) is 7.07. The summed E-state index contributed by atoms with van der Waals surface area (Å²) in [4.78, 5) is 12.2. The molecular weight excluding hydrogens is 260 g/mol. The van der Waals surface area contributed by atoms with Crippen molar-refractivity contribution in [2.75, 3.05) is 7.11 Å². The number of phenols is 1. The lowest BCUT2D eigenvalue weighted by Gasteiger charge is -2.19. The highest BCUT2D eigenvalue weighted by Gasteiger charge is 2.25. The Kier molecular flexibility index (Phi) is 3.38. The fourth-order valence-electron chi connectivity index (χ4n) is 1.98. The molecular formula is C15H18O5. The summed E-state index contributed by atoms with van der Waals surface area (Å²) in [6.07, 6.45) is 0. The van der Waals surface area contributed by atoms with Gasteiger partial charge in [-0.3, -0.25) is 0 Å². The first kappa shape index (κ1) is 14.2. The number of benzene rings is 1. The van der Waals surface area contributed by atoms with Crippen molar-refractivity contribution < 1.29 is 23.8 Å². The lowest BCUT2D eigenvalue weighted by molar-refractivity contribution is 0.00699. The molecule has 0 bridgehead atoms. The van der Waals surface area contributed by atoms with Crippen molar-refractivity contribution in [1.29, 1.82) is 0 Å². The molecule has 0 amide bonds. The van der Waals surface area contributed by atoms with Gasteiger partial charge in [-0.25, -0.2) is 4.79 Å². The Morgan fingerprint density at radius 1 is 1.30 bits per heavy atom. The molecule has 1 heterocycles. The molecule has 0 fully saturated rings. The molecule has 0 spiro atoms. The second-order valence-corrected chi connectivity index (χ2v) is 5.56. The van der Waals surface area contributed by atoms with E-state index in [1.165, 1.54) is 13.2 Å². The molecule has 0 atom stereocenters. The maximum absolute atomic E-state index is 12.2. The summed E-state index contributed by atoms with van der Waals surface area (Å²) in [6, 6.07) is 3.00. The quantitative estimate of drug-likeness (QED) is 0.852. The monoisotopic (exact) mass is 278 g/mol. The second-order valence-electron chi connectivity index (χ2n) is 5.56. The van der Waals surface area contributed by atoms with Crippen LogP contribution in [0.3, 0.4) is 0 Å². The molecule has 0 aliphatic carbocycles. The molecule has 0 radical (unpaired) electrons. The Morgan fingerprint density at radius 3 is 2.50 bits per heavy atom. The summed E-state index contributed by atoms with van der Waals surface area (Å²) in [5.74, 6) is 0.216. The maximum Gasteiger partial charge on any atom is 0.342 e. The van der Waals surface area contributed by atoms with Gasteiger partial charge < -0.3 is 19.0 Å². The van der Waals surface area contributed by atoms with Gasteiger partial charge in [0, 0.05) is 11.5 Å². The van der Waals surface area contributed by atoms with Crippen molar-refractivity contribution in [3.8, 4) is 11.5 Å². The van der Waals surface area contributed by atoms with E-state index in [1.807, 2.05) is 0 Å². The fraction of sp³-hybridized carbons (Fsp3) is 0.400. The Hall–Kier alpha value is -2.17. The molecule has 108 valence electrons. The third-order valence-corrected chi connectivity index (χ3v) is 2.77. The van der Waals surface area contributed by atoms with Crippen molar-refractivity contribution in [3.05, 3.63) is 23.5 Å². The van der Waals surface area contributed by atoms with Gasteiger partial charge in [0.1, 0.15) is 22.5 Å². The number of hydrogen-bond donors (Lipinski definition) is 1. The van der Waals surface area contributed by atoms with Crippen LogP contribution in [0, 0.1) is 6.92 Å². The third kappa shape index (κ3) is 2.57. The van der Waals surface area contributed by atoms with E-state index in [-0.39, 0.29) is 5.75 Å². The lowest BCUT2D eigenvalue weighted by Crippen LogP contribution is -2.24. The van der Waals surface area contributed by atoms with Crippen molar-refractivity contribution in [3.63, 3.8) is 0 Å². The highest BCUT2D eigenvalue weighted by molar-refractivity contribution is 6.05. The first-order chi connectivity index (χ1) is 9.23. The first-order valence-corrected chi connectivity index (χ1v) is 6.26. The zero-order valence-electron chi connectivity index (χ0n) is 12.2. The minimum Gasteiger partial charge on any atom is -0.504 e. The van der Waals surface area contributed by atoms with Crippen molar-refractivity contribution >= 4 is 16.9 Å². The number of ether oxygens (including phenoxy) is 2. The number of esters is 1. The lowest BCUT2D eigenvalue weighted by atomic mass is 10.1. The summed E-state index contributed by atoms with van der Waals surface area (Å²) in [7, 11) is 1.45. The fourth-order valence-corrected chi connectivity index (χ4v) is 1.98. The number of carbonyl (C=O) groups is 1. The van der Waals surface area contributed by atoms with Gasteiger partial charge in [0.05, 0.1) is 7.11 Å². The zero-order valence-corrected chi connectivity index (χ0v) is 12.2. The normalized spacial score (nSPS) is 11.7. The van der Waals surface area contributed by atoms with Crippen LogP contribution in [0.2, 0.25) is 0 Å². The van der Waals surface area contributed by atoms with Crippen LogP contribution in [0.1, 0.15) is 36.9 Å². The topological polar surface area (TPSA) is 68.9 Å².